The highest BCUT2D eigenvalue weighted by atomic mass is 79.9. The minimum Gasteiger partial charge on any atom is -0.478 e. The van der Waals surface area contributed by atoms with E-state index in [1.165, 1.54) is 6.07 Å². The van der Waals surface area contributed by atoms with Gasteiger partial charge in [-0.15, -0.1) is 0 Å². The fraction of sp³-hybridized carbons (Fsp3) is 0.111. The van der Waals surface area contributed by atoms with Gasteiger partial charge in [0.1, 0.15) is 6.07 Å². The zero-order chi connectivity index (χ0) is 12.5. The van der Waals surface area contributed by atoms with Crippen LogP contribution in [0.1, 0.15) is 21.5 Å². The number of carbonyl (C=O) groups is 1. The van der Waals surface area contributed by atoms with Crippen LogP contribution in [0.15, 0.2) is 16.6 Å². The molecule has 0 atom stereocenters. The summed E-state index contributed by atoms with van der Waals surface area (Å²) < 4.78 is 36.9. The second-order valence-corrected chi connectivity index (χ2v) is 3.65. The monoisotopic (exact) mass is 293 g/mol. The topological polar surface area (TPSA) is 61.1 Å². The van der Waals surface area contributed by atoms with E-state index in [1.807, 2.05) is 0 Å². The molecule has 16 heavy (non-hydrogen) atoms. The van der Waals surface area contributed by atoms with Gasteiger partial charge in [-0.05, 0) is 28.1 Å². The third kappa shape index (κ3) is 2.33. The van der Waals surface area contributed by atoms with Crippen LogP contribution in [0, 0.1) is 11.3 Å². The van der Waals surface area contributed by atoms with Crippen molar-refractivity contribution in [3.63, 3.8) is 0 Å². The predicted octanol–water partition coefficient (Wildman–Crippen LogP) is 3.04. The molecule has 0 heterocycles. The normalized spacial score (nSPS) is 10.9. The summed E-state index contributed by atoms with van der Waals surface area (Å²) in [4.78, 5) is 10.7. The second-order valence-electron chi connectivity index (χ2n) is 2.80. The summed E-state index contributed by atoms with van der Waals surface area (Å²) in [5, 5.41) is 17.3. The number of carboxylic acids is 1. The van der Waals surface area contributed by atoms with Gasteiger partial charge in [-0.2, -0.15) is 18.4 Å². The largest absolute Gasteiger partial charge is 0.478 e. The maximum absolute atomic E-state index is 12.4. The molecule has 84 valence electrons. The van der Waals surface area contributed by atoms with Crippen LogP contribution in [0.3, 0.4) is 0 Å². The van der Waals surface area contributed by atoms with Crippen LogP contribution in [-0.2, 0) is 6.18 Å². The third-order valence-electron chi connectivity index (χ3n) is 1.76. The highest BCUT2D eigenvalue weighted by Gasteiger charge is 2.32. The molecule has 1 N–H and O–H groups in total. The van der Waals surface area contributed by atoms with E-state index in [1.54, 1.807) is 0 Å². The molecular formula is C9H3BrF3NO2. The van der Waals surface area contributed by atoms with Crippen molar-refractivity contribution in [1.29, 1.82) is 5.26 Å². The number of hydrogen-bond acceptors (Lipinski definition) is 2. The second kappa shape index (κ2) is 4.14. The van der Waals surface area contributed by atoms with Crippen molar-refractivity contribution in [2.75, 3.05) is 0 Å². The number of nitrogens with zero attached hydrogens (tertiary/aromatic N) is 1. The van der Waals surface area contributed by atoms with Crippen LogP contribution in [0.2, 0.25) is 0 Å². The molecule has 7 heteroatoms. The van der Waals surface area contributed by atoms with E-state index in [-0.39, 0.29) is 10.0 Å². The van der Waals surface area contributed by atoms with E-state index in [0.29, 0.717) is 12.1 Å². The van der Waals surface area contributed by atoms with Gasteiger partial charge in [0.15, 0.2) is 0 Å². The van der Waals surface area contributed by atoms with Crippen molar-refractivity contribution in [3.05, 3.63) is 33.3 Å². The molecular weight excluding hydrogens is 291 g/mol. The van der Waals surface area contributed by atoms with Crippen molar-refractivity contribution >= 4 is 21.9 Å². The number of nitriles is 1. The summed E-state index contributed by atoms with van der Waals surface area (Å²) >= 11 is 2.73. The van der Waals surface area contributed by atoms with Crippen molar-refractivity contribution < 1.29 is 23.1 Å². The van der Waals surface area contributed by atoms with E-state index in [0.717, 1.165) is 0 Å². The highest BCUT2D eigenvalue weighted by molar-refractivity contribution is 9.10. The first-order chi connectivity index (χ1) is 7.27. The molecule has 0 aromatic heterocycles. The first-order valence-corrected chi connectivity index (χ1v) is 4.60. The number of aromatic carboxylic acids is 1. The van der Waals surface area contributed by atoms with Gasteiger partial charge in [-0.25, -0.2) is 4.79 Å². The molecule has 0 bridgehead atoms. The van der Waals surface area contributed by atoms with Crippen LogP contribution in [0.25, 0.3) is 0 Å². The number of halogens is 4. The Morgan fingerprint density at radius 3 is 2.38 bits per heavy atom. The van der Waals surface area contributed by atoms with Gasteiger partial charge in [-0.3, -0.25) is 0 Å². The number of carboxylic acid groups (broad SMARTS) is 1. The molecule has 3 nitrogen and oxygen atoms in total. The highest BCUT2D eigenvalue weighted by Crippen LogP contribution is 2.33. The van der Waals surface area contributed by atoms with Gasteiger partial charge in [0, 0.05) is 4.47 Å². The smallest absolute Gasteiger partial charge is 0.416 e. The first kappa shape index (κ1) is 12.5. The van der Waals surface area contributed by atoms with E-state index >= 15 is 0 Å². The predicted molar refractivity (Wildman–Crippen MR) is 50.8 cm³/mol. The maximum Gasteiger partial charge on any atom is 0.416 e. The average molecular weight is 294 g/mol. The Morgan fingerprint density at radius 2 is 2.00 bits per heavy atom. The fourth-order valence-corrected chi connectivity index (χ4v) is 1.60. The fourth-order valence-electron chi connectivity index (χ4n) is 1.05. The summed E-state index contributed by atoms with van der Waals surface area (Å²) in [6.07, 6.45) is -4.65. The Bertz CT molecular complexity index is 491. The molecule has 0 unspecified atom stereocenters. The van der Waals surface area contributed by atoms with Crippen LogP contribution in [0.4, 0.5) is 13.2 Å². The molecule has 0 aliphatic carbocycles. The number of benzene rings is 1. The van der Waals surface area contributed by atoms with E-state index < -0.39 is 23.3 Å². The van der Waals surface area contributed by atoms with Gasteiger partial charge in [0.05, 0.1) is 16.7 Å². The lowest BCUT2D eigenvalue weighted by Gasteiger charge is -2.09. The van der Waals surface area contributed by atoms with Crippen LogP contribution < -0.4 is 0 Å². The molecule has 1 rings (SSSR count). The molecule has 0 saturated carbocycles. The standard InChI is InChI=1S/C9H3BrF3NO2/c10-7-2-4(9(11,12)13)1-5(8(15)16)6(7)3-14/h1-2H,(H,15,16). The lowest BCUT2D eigenvalue weighted by molar-refractivity contribution is -0.137. The molecule has 0 saturated heterocycles. The number of hydrogen-bond donors (Lipinski definition) is 1. The number of alkyl halides is 3. The van der Waals surface area contributed by atoms with Crippen LogP contribution in [0.5, 0.6) is 0 Å². The quantitative estimate of drug-likeness (QED) is 0.866. The van der Waals surface area contributed by atoms with Crippen LogP contribution >= 0.6 is 15.9 Å². The van der Waals surface area contributed by atoms with Crippen molar-refractivity contribution in [2.45, 2.75) is 6.18 Å². The van der Waals surface area contributed by atoms with Gasteiger partial charge in [0.2, 0.25) is 0 Å². The van der Waals surface area contributed by atoms with Crippen molar-refractivity contribution in [2.24, 2.45) is 0 Å². The van der Waals surface area contributed by atoms with Gasteiger partial charge >= 0.3 is 12.1 Å². The van der Waals surface area contributed by atoms with Gasteiger partial charge < -0.3 is 5.11 Å². The molecule has 1 aromatic carbocycles. The lowest BCUT2D eigenvalue weighted by atomic mass is 10.0. The Balaban J connectivity index is 3.54. The zero-order valence-electron chi connectivity index (χ0n) is 7.47. The molecule has 0 fully saturated rings. The minimum atomic E-state index is -4.65. The number of rotatable bonds is 1. The maximum atomic E-state index is 12.4. The summed E-state index contributed by atoms with van der Waals surface area (Å²) in [5.41, 5.74) is -2.12. The van der Waals surface area contributed by atoms with E-state index in [4.69, 9.17) is 10.4 Å². The van der Waals surface area contributed by atoms with Crippen molar-refractivity contribution in [1.82, 2.24) is 0 Å². The summed E-state index contributed by atoms with van der Waals surface area (Å²) in [5.74, 6) is -1.58. The van der Waals surface area contributed by atoms with Crippen molar-refractivity contribution in [3.8, 4) is 6.07 Å². The SMILES string of the molecule is N#Cc1c(Br)cc(C(F)(F)F)cc1C(=O)O. The van der Waals surface area contributed by atoms with Gasteiger partial charge in [-0.1, -0.05) is 0 Å². The summed E-state index contributed by atoms with van der Waals surface area (Å²) in [6, 6.07) is 2.64. The molecule has 0 aliphatic heterocycles. The minimum absolute atomic E-state index is 0.192. The average Bonchev–Trinajstić information content (AvgIpc) is 2.14. The van der Waals surface area contributed by atoms with Crippen LogP contribution in [-0.4, -0.2) is 11.1 Å². The zero-order valence-corrected chi connectivity index (χ0v) is 9.06. The Kier molecular flexibility index (Phi) is 3.24. The molecule has 0 amide bonds. The molecule has 0 spiro atoms. The molecule has 1 aromatic rings. The third-order valence-corrected chi connectivity index (χ3v) is 2.39. The molecule has 0 aliphatic rings. The Morgan fingerprint density at radius 1 is 1.44 bits per heavy atom. The summed E-state index contributed by atoms with van der Waals surface area (Å²) in [6.45, 7) is 0. The summed E-state index contributed by atoms with van der Waals surface area (Å²) in [7, 11) is 0. The Hall–Kier alpha value is -1.55. The van der Waals surface area contributed by atoms with Gasteiger partial charge in [0.25, 0.3) is 0 Å². The lowest BCUT2D eigenvalue weighted by Crippen LogP contribution is -2.09. The molecule has 0 radical (unpaired) electrons. The Labute approximate surface area is 96.2 Å². The van der Waals surface area contributed by atoms with E-state index in [2.05, 4.69) is 15.9 Å². The van der Waals surface area contributed by atoms with E-state index in [9.17, 15) is 18.0 Å². The first-order valence-electron chi connectivity index (χ1n) is 3.81.